The number of ether oxygens (including phenoxy) is 1. The summed E-state index contributed by atoms with van der Waals surface area (Å²) >= 11 is 0. The van der Waals surface area contributed by atoms with E-state index in [4.69, 9.17) is 29.6 Å². The van der Waals surface area contributed by atoms with Crippen LogP contribution in [-0.2, 0) is 15.0 Å². The number of aliphatic hydroxyl groups is 1. The van der Waals surface area contributed by atoms with Crippen LogP contribution < -0.4 is 10.1 Å². The van der Waals surface area contributed by atoms with Crippen molar-refractivity contribution in [2.24, 2.45) is 0 Å². The van der Waals surface area contributed by atoms with Crippen LogP contribution in [0.25, 0.3) is 0 Å². The number of rotatable bonds is 6. The Bertz CT molecular complexity index is 524. The SMILES string of the molecule is Cc1cc(C(C)(C)C)ccc1OCCNCCO.O=C(O)C(=O)O. The van der Waals surface area contributed by atoms with Gasteiger partial charge in [-0.25, -0.2) is 9.59 Å². The molecule has 0 heterocycles. The van der Waals surface area contributed by atoms with Gasteiger partial charge in [-0.1, -0.05) is 32.9 Å². The van der Waals surface area contributed by atoms with Crippen LogP contribution in [0, 0.1) is 6.92 Å². The lowest BCUT2D eigenvalue weighted by atomic mass is 9.86. The molecule has 7 nitrogen and oxygen atoms in total. The Kier molecular flexibility index (Phi) is 9.68. The summed E-state index contributed by atoms with van der Waals surface area (Å²) in [6, 6.07) is 6.36. The van der Waals surface area contributed by atoms with Crippen molar-refractivity contribution in [1.29, 1.82) is 0 Å². The van der Waals surface area contributed by atoms with E-state index in [-0.39, 0.29) is 12.0 Å². The first-order valence-electron chi connectivity index (χ1n) is 7.61. The largest absolute Gasteiger partial charge is 0.492 e. The molecule has 0 fully saturated rings. The normalized spacial score (nSPS) is 10.5. The maximum atomic E-state index is 9.10. The van der Waals surface area contributed by atoms with Crippen molar-refractivity contribution in [2.75, 3.05) is 26.3 Å². The third-order valence-electron chi connectivity index (χ3n) is 3.05. The summed E-state index contributed by atoms with van der Waals surface area (Å²) in [6.45, 7) is 10.9. The zero-order valence-electron chi connectivity index (χ0n) is 14.6. The minimum atomic E-state index is -1.82. The molecule has 0 aliphatic rings. The van der Waals surface area contributed by atoms with Crippen molar-refractivity contribution >= 4 is 11.9 Å². The Labute approximate surface area is 142 Å². The van der Waals surface area contributed by atoms with E-state index in [2.05, 4.69) is 45.1 Å². The summed E-state index contributed by atoms with van der Waals surface area (Å²) in [5, 5.41) is 26.5. The van der Waals surface area contributed by atoms with Gasteiger partial charge >= 0.3 is 11.9 Å². The molecule has 0 aliphatic carbocycles. The van der Waals surface area contributed by atoms with E-state index < -0.39 is 11.9 Å². The number of hydrogen-bond acceptors (Lipinski definition) is 5. The van der Waals surface area contributed by atoms with E-state index in [9.17, 15) is 0 Å². The van der Waals surface area contributed by atoms with E-state index in [0.717, 1.165) is 12.3 Å². The number of carbonyl (C=O) groups is 2. The van der Waals surface area contributed by atoms with E-state index in [1.54, 1.807) is 0 Å². The second-order valence-electron chi connectivity index (χ2n) is 6.16. The molecule has 4 N–H and O–H groups in total. The molecule has 7 heteroatoms. The Morgan fingerprint density at radius 3 is 2.12 bits per heavy atom. The number of carboxylic acids is 2. The molecule has 0 saturated heterocycles. The van der Waals surface area contributed by atoms with Crippen LogP contribution >= 0.6 is 0 Å². The first-order chi connectivity index (χ1) is 11.1. The summed E-state index contributed by atoms with van der Waals surface area (Å²) in [6.07, 6.45) is 0. The first kappa shape index (κ1) is 21.9. The molecule has 0 spiro atoms. The molecule has 0 unspecified atom stereocenters. The molecule has 0 radical (unpaired) electrons. The van der Waals surface area contributed by atoms with Crippen LogP contribution in [0.1, 0.15) is 31.9 Å². The molecule has 0 bridgehead atoms. The molecule has 136 valence electrons. The average Bonchev–Trinajstić information content (AvgIpc) is 2.48. The number of nitrogens with one attached hydrogen (secondary N) is 1. The molecular weight excluding hydrogens is 314 g/mol. The highest BCUT2D eigenvalue weighted by Crippen LogP contribution is 2.27. The van der Waals surface area contributed by atoms with Gasteiger partial charge in [-0.2, -0.15) is 0 Å². The summed E-state index contributed by atoms with van der Waals surface area (Å²) in [5.41, 5.74) is 2.67. The summed E-state index contributed by atoms with van der Waals surface area (Å²) in [5.74, 6) is -2.71. The smallest absolute Gasteiger partial charge is 0.414 e. The quantitative estimate of drug-likeness (QED) is 0.456. The highest BCUT2D eigenvalue weighted by Gasteiger charge is 2.14. The van der Waals surface area contributed by atoms with Gasteiger partial charge < -0.3 is 25.4 Å². The van der Waals surface area contributed by atoms with Crippen molar-refractivity contribution in [3.05, 3.63) is 29.3 Å². The van der Waals surface area contributed by atoms with E-state index in [1.807, 2.05) is 6.07 Å². The lowest BCUT2D eigenvalue weighted by Gasteiger charge is -2.20. The molecular formula is C17H27NO6. The summed E-state index contributed by atoms with van der Waals surface area (Å²) in [7, 11) is 0. The van der Waals surface area contributed by atoms with Gasteiger partial charge in [-0.3, -0.25) is 0 Å². The molecule has 1 rings (SSSR count). The van der Waals surface area contributed by atoms with E-state index >= 15 is 0 Å². The van der Waals surface area contributed by atoms with Crippen LogP contribution in [0.3, 0.4) is 0 Å². The number of hydrogen-bond donors (Lipinski definition) is 4. The lowest BCUT2D eigenvalue weighted by Crippen LogP contribution is -2.24. The first-order valence-corrected chi connectivity index (χ1v) is 7.61. The molecule has 0 saturated carbocycles. The van der Waals surface area contributed by atoms with Crippen molar-refractivity contribution in [3.8, 4) is 5.75 Å². The number of benzene rings is 1. The molecule has 0 amide bonds. The second kappa shape index (κ2) is 10.6. The Balaban J connectivity index is 0.000000754. The molecule has 1 aromatic rings. The predicted octanol–water partition coefficient (Wildman–Crippen LogP) is 1.41. The van der Waals surface area contributed by atoms with Crippen LogP contribution in [-0.4, -0.2) is 53.6 Å². The van der Waals surface area contributed by atoms with E-state index in [0.29, 0.717) is 13.2 Å². The van der Waals surface area contributed by atoms with E-state index in [1.165, 1.54) is 11.1 Å². The van der Waals surface area contributed by atoms with Crippen molar-refractivity contribution in [2.45, 2.75) is 33.1 Å². The summed E-state index contributed by atoms with van der Waals surface area (Å²) in [4.78, 5) is 18.2. The highest BCUT2D eigenvalue weighted by atomic mass is 16.5. The third-order valence-corrected chi connectivity index (χ3v) is 3.05. The molecule has 24 heavy (non-hydrogen) atoms. The van der Waals surface area contributed by atoms with Gasteiger partial charge in [-0.15, -0.1) is 0 Å². The molecule has 0 aliphatic heterocycles. The monoisotopic (exact) mass is 341 g/mol. The zero-order chi connectivity index (χ0) is 18.8. The van der Waals surface area contributed by atoms with Gasteiger partial charge in [0, 0.05) is 13.1 Å². The van der Waals surface area contributed by atoms with Gasteiger partial charge in [0.05, 0.1) is 6.61 Å². The number of aryl methyl sites for hydroxylation is 1. The predicted molar refractivity (Wildman–Crippen MR) is 90.6 cm³/mol. The van der Waals surface area contributed by atoms with Gasteiger partial charge in [-0.05, 0) is 29.5 Å². The lowest BCUT2D eigenvalue weighted by molar-refractivity contribution is -0.159. The maximum Gasteiger partial charge on any atom is 0.414 e. The van der Waals surface area contributed by atoms with Crippen molar-refractivity contribution in [1.82, 2.24) is 5.32 Å². The van der Waals surface area contributed by atoms with Crippen molar-refractivity contribution in [3.63, 3.8) is 0 Å². The summed E-state index contributed by atoms with van der Waals surface area (Å²) < 4.78 is 5.71. The molecule has 0 atom stereocenters. The standard InChI is InChI=1S/C15H25NO2.C2H2O4/c1-12-11-13(15(2,3)4)5-6-14(12)18-10-8-16-7-9-17;3-1(4)2(5)6/h5-6,11,16-17H,7-10H2,1-4H3;(H,3,4)(H,5,6). The number of carboxylic acid groups (broad SMARTS) is 2. The van der Waals surface area contributed by atoms with Gasteiger partial charge in [0.1, 0.15) is 12.4 Å². The maximum absolute atomic E-state index is 9.10. The van der Waals surface area contributed by atoms with Gasteiger partial charge in [0.2, 0.25) is 0 Å². The number of aliphatic carboxylic acids is 2. The Morgan fingerprint density at radius 1 is 1.12 bits per heavy atom. The van der Waals surface area contributed by atoms with Gasteiger partial charge in [0.15, 0.2) is 0 Å². The Morgan fingerprint density at radius 2 is 1.71 bits per heavy atom. The number of aliphatic hydroxyl groups excluding tert-OH is 1. The van der Waals surface area contributed by atoms with Crippen LogP contribution in [0.2, 0.25) is 0 Å². The fourth-order valence-electron chi connectivity index (χ4n) is 1.72. The molecule has 1 aromatic carbocycles. The zero-order valence-corrected chi connectivity index (χ0v) is 14.6. The van der Waals surface area contributed by atoms with Gasteiger partial charge in [0.25, 0.3) is 0 Å². The minimum absolute atomic E-state index is 0.166. The third kappa shape index (κ3) is 9.12. The second-order valence-corrected chi connectivity index (χ2v) is 6.16. The van der Waals surface area contributed by atoms with Crippen LogP contribution in [0.15, 0.2) is 18.2 Å². The Hall–Kier alpha value is -2.12. The van der Waals surface area contributed by atoms with Crippen LogP contribution in [0.4, 0.5) is 0 Å². The minimum Gasteiger partial charge on any atom is -0.492 e. The average molecular weight is 341 g/mol. The molecule has 0 aromatic heterocycles. The highest BCUT2D eigenvalue weighted by molar-refractivity contribution is 6.27. The van der Waals surface area contributed by atoms with Crippen LogP contribution in [0.5, 0.6) is 5.75 Å². The fourth-order valence-corrected chi connectivity index (χ4v) is 1.72. The topological polar surface area (TPSA) is 116 Å². The van der Waals surface area contributed by atoms with Crippen molar-refractivity contribution < 1.29 is 29.6 Å². The fraction of sp³-hybridized carbons (Fsp3) is 0.529.